The molecule has 0 aromatic heterocycles. The summed E-state index contributed by atoms with van der Waals surface area (Å²) in [6.45, 7) is 4.01. The Labute approximate surface area is 334 Å². The second-order valence-electron chi connectivity index (χ2n) is 15.7. The first-order valence-corrected chi connectivity index (χ1v) is 23.0. The molecule has 0 spiro atoms. The van der Waals surface area contributed by atoms with Gasteiger partial charge in [-0.25, -0.2) is 0 Å². The minimum Gasteiger partial charge on any atom is -0.394 e. The van der Waals surface area contributed by atoms with Crippen LogP contribution in [0.3, 0.4) is 0 Å². The molecular weight excluding hydrogens is 671 g/mol. The highest BCUT2D eigenvalue weighted by molar-refractivity contribution is 5.80. The molecule has 4 atom stereocenters. The van der Waals surface area contributed by atoms with Crippen LogP contribution >= 0.6 is 0 Å². The fraction of sp³-hybridized carbons (Fsp3) is 0.812. The van der Waals surface area contributed by atoms with Crippen LogP contribution in [0.5, 0.6) is 0 Å². The molecule has 54 heavy (non-hydrogen) atoms. The second-order valence-corrected chi connectivity index (χ2v) is 15.7. The largest absolute Gasteiger partial charge is 0.394 e. The van der Waals surface area contributed by atoms with Gasteiger partial charge in [0, 0.05) is 0 Å². The van der Waals surface area contributed by atoms with Crippen LogP contribution in [0, 0.1) is 0 Å². The summed E-state index contributed by atoms with van der Waals surface area (Å²) >= 11 is 0. The van der Waals surface area contributed by atoms with Crippen LogP contribution in [0.1, 0.15) is 219 Å². The van der Waals surface area contributed by atoms with Gasteiger partial charge in [-0.2, -0.15) is 0 Å². The molecule has 0 saturated carbocycles. The number of aliphatic hydroxyl groups is 4. The molecule has 0 aromatic rings. The summed E-state index contributed by atoms with van der Waals surface area (Å²) in [6.07, 6.45) is 51.4. The first-order valence-electron chi connectivity index (χ1n) is 23.0. The minimum absolute atomic E-state index is 0.350. The van der Waals surface area contributed by atoms with Gasteiger partial charge in [-0.1, -0.05) is 178 Å². The van der Waals surface area contributed by atoms with Gasteiger partial charge in [0.15, 0.2) is 0 Å². The zero-order valence-electron chi connectivity index (χ0n) is 35.5. The molecule has 0 radical (unpaired) electrons. The lowest BCUT2D eigenvalue weighted by Crippen LogP contribution is -2.53. The number of carbonyl (C=O) groups excluding carboxylic acids is 1. The van der Waals surface area contributed by atoms with Crippen molar-refractivity contribution in [1.82, 2.24) is 5.32 Å². The van der Waals surface area contributed by atoms with Crippen molar-refractivity contribution in [2.75, 3.05) is 6.61 Å². The summed E-state index contributed by atoms with van der Waals surface area (Å²) in [5.74, 6) is -0.605. The van der Waals surface area contributed by atoms with Gasteiger partial charge in [-0.15, -0.1) is 0 Å². The molecule has 0 aliphatic heterocycles. The average molecular weight is 760 g/mol. The summed E-state index contributed by atoms with van der Waals surface area (Å²) in [7, 11) is 0. The van der Waals surface area contributed by atoms with E-state index in [-0.39, 0.29) is 0 Å². The predicted molar refractivity (Wildman–Crippen MR) is 233 cm³/mol. The van der Waals surface area contributed by atoms with E-state index < -0.39 is 36.9 Å². The number of nitrogens with one attached hydrogen (secondary N) is 1. The number of rotatable bonds is 41. The van der Waals surface area contributed by atoms with Crippen molar-refractivity contribution in [3.05, 3.63) is 48.6 Å². The highest BCUT2D eigenvalue weighted by Crippen LogP contribution is 2.15. The molecular formula is C48H89NO5. The van der Waals surface area contributed by atoms with E-state index in [1.165, 1.54) is 122 Å². The summed E-state index contributed by atoms with van der Waals surface area (Å²) in [5, 5.41) is 43.7. The van der Waals surface area contributed by atoms with Crippen LogP contribution in [0.15, 0.2) is 48.6 Å². The molecule has 316 valence electrons. The minimum atomic E-state index is -1.30. The molecule has 6 heteroatoms. The Morgan fingerprint density at radius 2 is 0.778 bits per heavy atom. The number of amides is 1. The van der Waals surface area contributed by atoms with Crippen LogP contribution in [-0.2, 0) is 4.79 Å². The fourth-order valence-electron chi connectivity index (χ4n) is 6.78. The zero-order chi connectivity index (χ0) is 39.6. The lowest BCUT2D eigenvalue weighted by molar-refractivity contribution is -0.132. The third-order valence-corrected chi connectivity index (χ3v) is 10.5. The van der Waals surface area contributed by atoms with E-state index >= 15 is 0 Å². The summed E-state index contributed by atoms with van der Waals surface area (Å²) in [5.41, 5.74) is 0. The molecule has 1 amide bonds. The van der Waals surface area contributed by atoms with E-state index in [0.717, 1.165) is 64.2 Å². The van der Waals surface area contributed by atoms with Crippen LogP contribution in [0.4, 0.5) is 0 Å². The van der Waals surface area contributed by atoms with E-state index in [9.17, 15) is 25.2 Å². The predicted octanol–water partition coefficient (Wildman–Crippen LogP) is 12.3. The van der Waals surface area contributed by atoms with Crippen LogP contribution in [-0.4, -0.2) is 57.3 Å². The van der Waals surface area contributed by atoms with Gasteiger partial charge in [-0.3, -0.25) is 4.79 Å². The maximum Gasteiger partial charge on any atom is 0.249 e. The van der Waals surface area contributed by atoms with Crippen molar-refractivity contribution in [2.24, 2.45) is 0 Å². The summed E-state index contributed by atoms with van der Waals surface area (Å²) in [6, 6.07) is -1.01. The molecule has 0 rings (SSSR count). The van der Waals surface area contributed by atoms with Gasteiger partial charge in [0.1, 0.15) is 12.2 Å². The Balaban J connectivity index is 3.79. The molecule has 6 nitrogen and oxygen atoms in total. The second kappa shape index (κ2) is 42.4. The monoisotopic (exact) mass is 760 g/mol. The van der Waals surface area contributed by atoms with E-state index in [4.69, 9.17) is 0 Å². The van der Waals surface area contributed by atoms with Gasteiger partial charge in [0.25, 0.3) is 0 Å². The number of hydrogen-bond donors (Lipinski definition) is 5. The maximum absolute atomic E-state index is 12.5. The Morgan fingerprint density at radius 1 is 0.444 bits per heavy atom. The molecule has 4 unspecified atom stereocenters. The molecule has 0 saturated heterocycles. The molecule has 0 aliphatic rings. The smallest absolute Gasteiger partial charge is 0.249 e. The molecule has 0 aromatic carbocycles. The average Bonchev–Trinajstić information content (AvgIpc) is 3.18. The van der Waals surface area contributed by atoms with Crippen molar-refractivity contribution in [2.45, 2.75) is 244 Å². The van der Waals surface area contributed by atoms with Gasteiger partial charge in [0.2, 0.25) is 5.91 Å². The summed E-state index contributed by atoms with van der Waals surface area (Å²) in [4.78, 5) is 12.5. The number of hydrogen-bond acceptors (Lipinski definition) is 5. The van der Waals surface area contributed by atoms with Crippen molar-refractivity contribution < 1.29 is 25.2 Å². The van der Waals surface area contributed by atoms with E-state index in [0.29, 0.717) is 19.3 Å². The van der Waals surface area contributed by atoms with Crippen molar-refractivity contribution >= 4 is 5.91 Å². The maximum atomic E-state index is 12.5. The number of carbonyl (C=O) groups is 1. The van der Waals surface area contributed by atoms with Crippen LogP contribution < -0.4 is 5.32 Å². The molecule has 0 bridgehead atoms. The topological polar surface area (TPSA) is 110 Å². The molecule has 0 fully saturated rings. The van der Waals surface area contributed by atoms with Crippen molar-refractivity contribution in [1.29, 1.82) is 0 Å². The third-order valence-electron chi connectivity index (χ3n) is 10.5. The zero-order valence-corrected chi connectivity index (χ0v) is 35.5. The van der Waals surface area contributed by atoms with E-state index in [1.54, 1.807) is 0 Å². The standard InChI is InChI=1S/C48H89NO5/c1-3-5-7-9-11-13-15-17-19-21-22-23-24-25-26-28-30-32-34-36-38-40-42-46(52)48(54)49-44(43-50)47(53)45(51)41-39-37-35-33-31-29-27-20-18-16-14-12-10-8-6-4-2/h12,14,20,25-27,33,35,44-47,50-53H,3-11,13,15-19,21-24,28-32,34,36-43H2,1-2H3,(H,49,54)/b14-12+,26-25-,27-20+,35-33+. The first kappa shape index (κ1) is 52.3. The molecule has 0 heterocycles. The Hall–Kier alpha value is -1.73. The quantitative estimate of drug-likeness (QED) is 0.0315. The Kier molecular flexibility index (Phi) is 41.1. The highest BCUT2D eigenvalue weighted by Gasteiger charge is 2.28. The van der Waals surface area contributed by atoms with Crippen molar-refractivity contribution in [3.63, 3.8) is 0 Å². The normalized spacial score (nSPS) is 14.6. The third kappa shape index (κ3) is 35.9. The number of unbranched alkanes of at least 4 members (excludes halogenated alkanes) is 24. The van der Waals surface area contributed by atoms with Crippen LogP contribution in [0.2, 0.25) is 0 Å². The van der Waals surface area contributed by atoms with E-state index in [2.05, 4.69) is 67.8 Å². The SMILES string of the molecule is CCCCC/C=C/CC/C=C/CC/C=C/CCCC(O)C(O)C(CO)NC(=O)C(O)CCCCCCCC/C=C\CCCCCCCCCCCCCC. The molecule has 0 aliphatic carbocycles. The van der Waals surface area contributed by atoms with Gasteiger partial charge < -0.3 is 25.7 Å². The van der Waals surface area contributed by atoms with Gasteiger partial charge in [-0.05, 0) is 89.9 Å². The lowest BCUT2D eigenvalue weighted by atomic mass is 10.00. The van der Waals surface area contributed by atoms with Crippen molar-refractivity contribution in [3.8, 4) is 0 Å². The highest BCUT2D eigenvalue weighted by atomic mass is 16.3. The Bertz CT molecular complexity index is 900. The van der Waals surface area contributed by atoms with Crippen LogP contribution in [0.25, 0.3) is 0 Å². The van der Waals surface area contributed by atoms with Gasteiger partial charge >= 0.3 is 0 Å². The van der Waals surface area contributed by atoms with Gasteiger partial charge in [0.05, 0.1) is 18.8 Å². The molecule has 5 N–H and O–H groups in total. The fourth-order valence-corrected chi connectivity index (χ4v) is 6.78. The number of allylic oxidation sites excluding steroid dienone is 8. The Morgan fingerprint density at radius 3 is 1.20 bits per heavy atom. The first-order chi connectivity index (χ1) is 26.5. The number of aliphatic hydroxyl groups excluding tert-OH is 4. The summed E-state index contributed by atoms with van der Waals surface area (Å²) < 4.78 is 0. The lowest BCUT2D eigenvalue weighted by Gasteiger charge is -2.27. The van der Waals surface area contributed by atoms with E-state index in [1.807, 2.05) is 0 Å².